The van der Waals surface area contributed by atoms with Crippen molar-refractivity contribution < 1.29 is 28.6 Å². The number of hydrogen-bond donors (Lipinski definition) is 0. The van der Waals surface area contributed by atoms with E-state index in [4.69, 9.17) is 14.2 Å². The van der Waals surface area contributed by atoms with Crippen molar-refractivity contribution in [3.8, 4) is 0 Å². The summed E-state index contributed by atoms with van der Waals surface area (Å²) < 4.78 is 16.8. The molecular weight excluding hydrogens is 745 g/mol. The zero-order valence-electron chi connectivity index (χ0n) is 39.7. The summed E-state index contributed by atoms with van der Waals surface area (Å²) >= 11 is 0. The van der Waals surface area contributed by atoms with Gasteiger partial charge in [-0.05, 0) is 77.0 Å². The van der Waals surface area contributed by atoms with Crippen LogP contribution in [0, 0.1) is 0 Å². The summed E-state index contributed by atoms with van der Waals surface area (Å²) in [7, 11) is 0. The third-order valence-corrected chi connectivity index (χ3v) is 11.1. The van der Waals surface area contributed by atoms with Crippen LogP contribution in [-0.4, -0.2) is 37.2 Å². The Morgan fingerprint density at radius 2 is 0.650 bits per heavy atom. The molecule has 0 heterocycles. The summed E-state index contributed by atoms with van der Waals surface area (Å²) in [5.74, 6) is -0.917. The molecule has 0 radical (unpaired) electrons. The van der Waals surface area contributed by atoms with Gasteiger partial charge in [-0.3, -0.25) is 14.4 Å². The molecule has 0 amide bonds. The van der Waals surface area contributed by atoms with Crippen molar-refractivity contribution in [2.75, 3.05) is 13.2 Å². The Hall–Kier alpha value is -2.63. The first-order chi connectivity index (χ1) is 29.5. The van der Waals surface area contributed by atoms with Gasteiger partial charge in [-0.15, -0.1) is 0 Å². The summed E-state index contributed by atoms with van der Waals surface area (Å²) in [4.78, 5) is 37.9. The zero-order chi connectivity index (χ0) is 43.7. The number of carbonyl (C=O) groups is 3. The van der Waals surface area contributed by atoms with Gasteiger partial charge in [-0.2, -0.15) is 0 Å². The van der Waals surface area contributed by atoms with Gasteiger partial charge in [-0.25, -0.2) is 0 Å². The highest BCUT2D eigenvalue weighted by Gasteiger charge is 2.19. The molecule has 0 aliphatic rings. The SMILES string of the molecule is CC/C=C\C/C=C\C/C=C\CCCCCC(=O)OC(COC(=O)CCCCCCC/C=C\CCCCCCCCC)COC(=O)CCCCCCCCCCCCCCC. The van der Waals surface area contributed by atoms with E-state index in [0.717, 1.165) is 89.9 Å². The van der Waals surface area contributed by atoms with Gasteiger partial charge in [0.05, 0.1) is 0 Å². The van der Waals surface area contributed by atoms with Crippen LogP contribution in [0.4, 0.5) is 0 Å². The molecule has 348 valence electrons. The minimum Gasteiger partial charge on any atom is -0.462 e. The van der Waals surface area contributed by atoms with Crippen molar-refractivity contribution in [2.45, 2.75) is 264 Å². The van der Waals surface area contributed by atoms with Gasteiger partial charge >= 0.3 is 17.9 Å². The number of hydrogen-bond acceptors (Lipinski definition) is 6. The highest BCUT2D eigenvalue weighted by atomic mass is 16.6. The highest BCUT2D eigenvalue weighted by molar-refractivity contribution is 5.71. The molecule has 0 bridgehead atoms. The lowest BCUT2D eigenvalue weighted by atomic mass is 10.0. The molecule has 1 unspecified atom stereocenters. The Bertz CT molecular complexity index is 1060. The number of rotatable bonds is 46. The molecule has 0 aromatic heterocycles. The largest absolute Gasteiger partial charge is 0.462 e. The van der Waals surface area contributed by atoms with Gasteiger partial charge < -0.3 is 14.2 Å². The predicted octanol–water partition coefficient (Wildman–Crippen LogP) is 16.7. The Balaban J connectivity index is 4.40. The van der Waals surface area contributed by atoms with Gasteiger partial charge in [0, 0.05) is 19.3 Å². The second-order valence-electron chi connectivity index (χ2n) is 17.1. The van der Waals surface area contributed by atoms with E-state index in [1.54, 1.807) is 0 Å². The van der Waals surface area contributed by atoms with Crippen LogP contribution < -0.4 is 0 Å². The minimum atomic E-state index is -0.788. The fraction of sp³-hybridized carbons (Fsp3) is 0.796. The molecule has 0 N–H and O–H groups in total. The molecule has 1 atom stereocenters. The average molecular weight is 841 g/mol. The maximum atomic E-state index is 12.8. The summed E-state index contributed by atoms with van der Waals surface area (Å²) in [5.41, 5.74) is 0. The maximum Gasteiger partial charge on any atom is 0.306 e. The molecule has 0 aromatic rings. The summed E-state index contributed by atoms with van der Waals surface area (Å²) in [5, 5.41) is 0. The molecule has 0 fully saturated rings. The first-order valence-electron chi connectivity index (χ1n) is 25.6. The summed E-state index contributed by atoms with van der Waals surface area (Å²) in [6.45, 7) is 6.50. The normalized spacial score (nSPS) is 12.4. The average Bonchev–Trinajstić information content (AvgIpc) is 3.24. The fourth-order valence-corrected chi connectivity index (χ4v) is 7.22. The Morgan fingerprint density at radius 1 is 0.350 bits per heavy atom. The lowest BCUT2D eigenvalue weighted by Gasteiger charge is -2.18. The zero-order valence-corrected chi connectivity index (χ0v) is 39.7. The second kappa shape index (κ2) is 49.0. The smallest absolute Gasteiger partial charge is 0.306 e. The Kier molecular flexibility index (Phi) is 46.9. The summed E-state index contributed by atoms with van der Waals surface area (Å²) in [6.07, 6.45) is 58.1. The standard InChI is InChI=1S/C54H96O6/c1-4-7-10-13-16-19-22-25-26-27-30-32-35-38-41-44-47-53(56)59-50-51(60-54(57)48-45-42-39-36-33-29-24-21-18-15-12-9-6-3)49-58-52(55)46-43-40-37-34-31-28-23-20-17-14-11-8-5-2/h9,12,18,21,26-27,29,33,51H,4-8,10-11,13-17,19-20,22-25,28,30-32,34-50H2,1-3H3/b12-9-,21-18-,27-26-,33-29-. The molecule has 0 aliphatic heterocycles. The predicted molar refractivity (Wildman–Crippen MR) is 256 cm³/mol. The van der Waals surface area contributed by atoms with Gasteiger partial charge in [0.15, 0.2) is 6.10 Å². The summed E-state index contributed by atoms with van der Waals surface area (Å²) in [6, 6.07) is 0. The van der Waals surface area contributed by atoms with Crippen LogP contribution in [0.15, 0.2) is 48.6 Å². The minimum absolute atomic E-state index is 0.0854. The van der Waals surface area contributed by atoms with E-state index in [-0.39, 0.29) is 31.1 Å². The molecule has 60 heavy (non-hydrogen) atoms. The molecule has 0 rings (SSSR count). The quantitative estimate of drug-likeness (QED) is 0.0263. The van der Waals surface area contributed by atoms with Crippen LogP contribution in [0.1, 0.15) is 258 Å². The Morgan fingerprint density at radius 3 is 1.05 bits per heavy atom. The Labute approximate surface area is 371 Å². The molecule has 0 aromatic carbocycles. The number of ether oxygens (including phenoxy) is 3. The second-order valence-corrected chi connectivity index (χ2v) is 17.1. The first kappa shape index (κ1) is 57.4. The van der Waals surface area contributed by atoms with Crippen LogP contribution in [0.2, 0.25) is 0 Å². The van der Waals surface area contributed by atoms with Crippen LogP contribution in [0.5, 0.6) is 0 Å². The lowest BCUT2D eigenvalue weighted by Crippen LogP contribution is -2.30. The number of allylic oxidation sites excluding steroid dienone is 8. The van der Waals surface area contributed by atoms with E-state index < -0.39 is 6.10 Å². The van der Waals surface area contributed by atoms with E-state index in [1.807, 2.05) is 0 Å². The van der Waals surface area contributed by atoms with Crippen molar-refractivity contribution >= 4 is 17.9 Å². The molecule has 0 saturated heterocycles. The highest BCUT2D eigenvalue weighted by Crippen LogP contribution is 2.15. The molecular formula is C54H96O6. The van der Waals surface area contributed by atoms with Crippen molar-refractivity contribution in [2.24, 2.45) is 0 Å². The van der Waals surface area contributed by atoms with Gasteiger partial charge in [-0.1, -0.05) is 211 Å². The van der Waals surface area contributed by atoms with Crippen molar-refractivity contribution in [1.82, 2.24) is 0 Å². The van der Waals surface area contributed by atoms with E-state index in [0.29, 0.717) is 19.3 Å². The molecule has 0 spiro atoms. The number of carbonyl (C=O) groups excluding carboxylic acids is 3. The molecule has 6 nitrogen and oxygen atoms in total. The van der Waals surface area contributed by atoms with E-state index in [2.05, 4.69) is 69.4 Å². The lowest BCUT2D eigenvalue weighted by molar-refractivity contribution is -0.167. The van der Waals surface area contributed by atoms with E-state index >= 15 is 0 Å². The third-order valence-electron chi connectivity index (χ3n) is 11.1. The van der Waals surface area contributed by atoms with Crippen LogP contribution in [-0.2, 0) is 28.6 Å². The van der Waals surface area contributed by atoms with Crippen molar-refractivity contribution in [1.29, 1.82) is 0 Å². The van der Waals surface area contributed by atoms with Crippen molar-refractivity contribution in [3.05, 3.63) is 48.6 Å². The van der Waals surface area contributed by atoms with Gasteiger partial charge in [0.1, 0.15) is 13.2 Å². The van der Waals surface area contributed by atoms with Gasteiger partial charge in [0.25, 0.3) is 0 Å². The first-order valence-corrected chi connectivity index (χ1v) is 25.6. The topological polar surface area (TPSA) is 78.9 Å². The molecule has 6 heteroatoms. The van der Waals surface area contributed by atoms with Crippen LogP contribution in [0.3, 0.4) is 0 Å². The fourth-order valence-electron chi connectivity index (χ4n) is 7.22. The van der Waals surface area contributed by atoms with E-state index in [1.165, 1.54) is 128 Å². The van der Waals surface area contributed by atoms with E-state index in [9.17, 15) is 14.4 Å². The number of unbranched alkanes of at least 4 members (excludes halogenated alkanes) is 27. The van der Waals surface area contributed by atoms with Crippen molar-refractivity contribution in [3.63, 3.8) is 0 Å². The van der Waals surface area contributed by atoms with Crippen LogP contribution >= 0.6 is 0 Å². The van der Waals surface area contributed by atoms with Crippen LogP contribution in [0.25, 0.3) is 0 Å². The molecule has 0 saturated carbocycles. The third kappa shape index (κ3) is 46.4. The molecule has 0 aliphatic carbocycles. The maximum absolute atomic E-state index is 12.8. The van der Waals surface area contributed by atoms with Gasteiger partial charge in [0.2, 0.25) is 0 Å². The monoisotopic (exact) mass is 841 g/mol. The number of esters is 3.